The van der Waals surface area contributed by atoms with Gasteiger partial charge in [-0.2, -0.15) is 0 Å². The van der Waals surface area contributed by atoms with Crippen LogP contribution in [0, 0.1) is 0 Å². The highest BCUT2D eigenvalue weighted by Crippen LogP contribution is 2.23. The summed E-state index contributed by atoms with van der Waals surface area (Å²) in [6.45, 7) is 0.880. The maximum atomic E-state index is 11.3. The Morgan fingerprint density at radius 3 is 2.88 bits per heavy atom. The second-order valence-electron chi connectivity index (χ2n) is 3.36. The first-order valence-electron chi connectivity index (χ1n) is 5.10. The van der Waals surface area contributed by atoms with Crippen molar-refractivity contribution in [3.63, 3.8) is 0 Å². The van der Waals surface area contributed by atoms with Crippen LogP contribution in [0.5, 0.6) is 11.5 Å². The zero-order valence-corrected chi connectivity index (χ0v) is 9.51. The first-order chi connectivity index (χ1) is 8.13. The van der Waals surface area contributed by atoms with Crippen molar-refractivity contribution in [3.8, 4) is 11.5 Å². The van der Waals surface area contributed by atoms with E-state index in [4.69, 9.17) is 9.84 Å². The molecule has 0 unspecified atom stereocenters. The molecular weight excluding hydrogens is 222 g/mol. The lowest BCUT2D eigenvalue weighted by Gasteiger charge is -2.01. The summed E-state index contributed by atoms with van der Waals surface area (Å²) in [5.74, 6) is -0.371. The molecule has 0 spiro atoms. The summed E-state index contributed by atoms with van der Waals surface area (Å²) in [4.78, 5) is 11.3. The highest BCUT2D eigenvalue weighted by atomic mass is 16.5. The van der Waals surface area contributed by atoms with Crippen molar-refractivity contribution >= 4 is 12.0 Å². The number of carbonyl (C=O) groups excluding carboxylic acids is 1. The molecule has 1 aromatic carbocycles. The minimum atomic E-state index is -0.269. The summed E-state index contributed by atoms with van der Waals surface area (Å²) < 4.78 is 4.78. The molecule has 0 aromatic heterocycles. The fourth-order valence-corrected chi connectivity index (χ4v) is 1.17. The molecule has 17 heavy (non-hydrogen) atoms. The second kappa shape index (κ2) is 6.55. The molecule has 1 aromatic rings. The minimum Gasteiger partial charge on any atom is -0.508 e. The van der Waals surface area contributed by atoms with Crippen molar-refractivity contribution in [2.75, 3.05) is 20.3 Å². The van der Waals surface area contributed by atoms with Crippen LogP contribution in [-0.4, -0.2) is 36.4 Å². The van der Waals surface area contributed by atoms with E-state index in [1.807, 2.05) is 0 Å². The van der Waals surface area contributed by atoms with E-state index < -0.39 is 0 Å². The molecule has 0 aliphatic carbocycles. The van der Waals surface area contributed by atoms with Crippen molar-refractivity contribution < 1.29 is 19.7 Å². The van der Waals surface area contributed by atoms with Crippen LogP contribution >= 0.6 is 0 Å². The number of hydrogen-bond donors (Lipinski definition) is 3. The monoisotopic (exact) mass is 237 g/mol. The first kappa shape index (κ1) is 13.1. The van der Waals surface area contributed by atoms with E-state index in [1.165, 1.54) is 30.4 Å². The predicted molar refractivity (Wildman–Crippen MR) is 63.7 cm³/mol. The Hall–Kier alpha value is -2.01. The maximum absolute atomic E-state index is 11.3. The fraction of sp³-hybridized carbons (Fsp3) is 0.250. The maximum Gasteiger partial charge on any atom is 0.244 e. The number of amides is 1. The normalized spacial score (nSPS) is 10.6. The van der Waals surface area contributed by atoms with Crippen LogP contribution in [0.15, 0.2) is 24.3 Å². The summed E-state index contributed by atoms with van der Waals surface area (Å²) in [6, 6.07) is 4.16. The van der Waals surface area contributed by atoms with Crippen molar-refractivity contribution in [1.82, 2.24) is 5.32 Å². The fourth-order valence-electron chi connectivity index (χ4n) is 1.17. The molecule has 92 valence electrons. The topological polar surface area (TPSA) is 78.8 Å². The van der Waals surface area contributed by atoms with Crippen molar-refractivity contribution in [2.45, 2.75) is 0 Å². The van der Waals surface area contributed by atoms with Crippen molar-refractivity contribution in [3.05, 3.63) is 29.8 Å². The largest absolute Gasteiger partial charge is 0.508 e. The van der Waals surface area contributed by atoms with E-state index in [0.717, 1.165) is 0 Å². The van der Waals surface area contributed by atoms with E-state index in [2.05, 4.69) is 5.32 Å². The van der Waals surface area contributed by atoms with Crippen LogP contribution in [0.2, 0.25) is 0 Å². The smallest absolute Gasteiger partial charge is 0.244 e. The Labute approximate surface area is 99.3 Å². The van der Waals surface area contributed by atoms with Gasteiger partial charge in [0.05, 0.1) is 6.61 Å². The van der Waals surface area contributed by atoms with Gasteiger partial charge in [-0.15, -0.1) is 0 Å². The van der Waals surface area contributed by atoms with Crippen LogP contribution in [0.25, 0.3) is 6.08 Å². The van der Waals surface area contributed by atoms with Gasteiger partial charge in [0.15, 0.2) is 0 Å². The number of methoxy groups -OCH3 is 1. The van der Waals surface area contributed by atoms with E-state index in [0.29, 0.717) is 18.7 Å². The molecule has 0 bridgehead atoms. The third-order valence-corrected chi connectivity index (χ3v) is 2.03. The van der Waals surface area contributed by atoms with Gasteiger partial charge < -0.3 is 20.3 Å². The third kappa shape index (κ3) is 4.56. The average molecular weight is 237 g/mol. The van der Waals surface area contributed by atoms with Gasteiger partial charge in [-0.05, 0) is 18.2 Å². The van der Waals surface area contributed by atoms with Gasteiger partial charge in [0.2, 0.25) is 5.91 Å². The molecule has 0 aliphatic heterocycles. The van der Waals surface area contributed by atoms with Gasteiger partial charge in [-0.25, -0.2) is 0 Å². The lowest BCUT2D eigenvalue weighted by atomic mass is 10.2. The van der Waals surface area contributed by atoms with Crippen LogP contribution in [0.3, 0.4) is 0 Å². The molecule has 0 saturated carbocycles. The Balaban J connectivity index is 2.55. The van der Waals surface area contributed by atoms with E-state index in [-0.39, 0.29) is 17.4 Å². The molecule has 0 atom stereocenters. The van der Waals surface area contributed by atoms with E-state index in [1.54, 1.807) is 7.11 Å². The molecule has 5 nitrogen and oxygen atoms in total. The summed E-state index contributed by atoms with van der Waals surface area (Å²) in [6.07, 6.45) is 2.78. The summed E-state index contributed by atoms with van der Waals surface area (Å²) in [5, 5.41) is 21.1. The highest BCUT2D eigenvalue weighted by molar-refractivity contribution is 5.92. The number of carbonyl (C=O) groups is 1. The number of hydrogen-bond acceptors (Lipinski definition) is 4. The lowest BCUT2D eigenvalue weighted by molar-refractivity contribution is -0.116. The number of nitrogens with one attached hydrogen (secondary N) is 1. The Bertz CT molecular complexity index is 415. The van der Waals surface area contributed by atoms with Crippen LogP contribution in [-0.2, 0) is 9.53 Å². The molecule has 5 heteroatoms. The molecule has 0 fully saturated rings. The second-order valence-corrected chi connectivity index (χ2v) is 3.36. The molecule has 3 N–H and O–H groups in total. The molecule has 1 rings (SSSR count). The van der Waals surface area contributed by atoms with Crippen LogP contribution < -0.4 is 5.32 Å². The number of phenolic OH excluding ortho intramolecular Hbond substituents is 2. The molecule has 1 amide bonds. The molecule has 0 radical (unpaired) electrons. The van der Waals surface area contributed by atoms with Gasteiger partial charge in [0.1, 0.15) is 11.5 Å². The van der Waals surface area contributed by atoms with Crippen LogP contribution in [0.1, 0.15) is 5.56 Å². The zero-order chi connectivity index (χ0) is 12.7. The zero-order valence-electron chi connectivity index (χ0n) is 9.51. The summed E-state index contributed by atoms with van der Waals surface area (Å²) in [5.41, 5.74) is 0.463. The molecule has 0 saturated heterocycles. The Morgan fingerprint density at radius 1 is 1.47 bits per heavy atom. The SMILES string of the molecule is COCCNC(=O)C=Cc1ccc(O)cc1O. The summed E-state index contributed by atoms with van der Waals surface area (Å²) in [7, 11) is 1.55. The number of phenols is 2. The number of benzene rings is 1. The summed E-state index contributed by atoms with van der Waals surface area (Å²) >= 11 is 0. The van der Waals surface area contributed by atoms with Gasteiger partial charge >= 0.3 is 0 Å². The van der Waals surface area contributed by atoms with Gasteiger partial charge in [-0.1, -0.05) is 0 Å². The van der Waals surface area contributed by atoms with Crippen molar-refractivity contribution in [1.29, 1.82) is 0 Å². The highest BCUT2D eigenvalue weighted by Gasteiger charge is 1.99. The van der Waals surface area contributed by atoms with Gasteiger partial charge in [0.25, 0.3) is 0 Å². The quantitative estimate of drug-likeness (QED) is 0.524. The molecule has 0 aliphatic rings. The average Bonchev–Trinajstić information content (AvgIpc) is 2.28. The Morgan fingerprint density at radius 2 is 2.24 bits per heavy atom. The minimum absolute atomic E-state index is 0.0239. The first-order valence-corrected chi connectivity index (χ1v) is 5.10. The number of rotatable bonds is 5. The van der Waals surface area contributed by atoms with E-state index in [9.17, 15) is 9.90 Å². The third-order valence-electron chi connectivity index (χ3n) is 2.03. The van der Waals surface area contributed by atoms with Crippen LogP contribution in [0.4, 0.5) is 0 Å². The lowest BCUT2D eigenvalue weighted by Crippen LogP contribution is -2.24. The Kier molecular flexibility index (Phi) is 5.03. The van der Waals surface area contributed by atoms with Gasteiger partial charge in [0, 0.05) is 31.4 Å². The standard InChI is InChI=1S/C12H15NO4/c1-17-7-6-13-12(16)5-3-9-2-4-10(14)8-11(9)15/h2-5,8,14-15H,6-7H2,1H3,(H,13,16). The molecule has 0 heterocycles. The van der Waals surface area contributed by atoms with E-state index >= 15 is 0 Å². The predicted octanol–water partition coefficient (Wildman–Crippen LogP) is 0.874. The number of ether oxygens (including phenoxy) is 1. The van der Waals surface area contributed by atoms with Crippen molar-refractivity contribution in [2.24, 2.45) is 0 Å². The number of aromatic hydroxyl groups is 2. The molecular formula is C12H15NO4. The van der Waals surface area contributed by atoms with Gasteiger partial charge in [-0.3, -0.25) is 4.79 Å².